The van der Waals surface area contributed by atoms with Gasteiger partial charge in [-0.15, -0.1) is 0 Å². The second-order valence-electron chi connectivity index (χ2n) is 4.17. The molecule has 0 aliphatic carbocycles. The first-order chi connectivity index (χ1) is 9.04. The van der Waals surface area contributed by atoms with Gasteiger partial charge in [0, 0.05) is 27.5 Å². The molecule has 0 unspecified atom stereocenters. The SMILES string of the molecule is Cc1cc(=O)n2[nH]c(-c3ccc(Br)cc3N)nc2n1. The van der Waals surface area contributed by atoms with Crippen molar-refractivity contribution in [3.8, 4) is 11.4 Å². The number of nitrogens with two attached hydrogens (primary N) is 1. The second kappa shape index (κ2) is 4.20. The Morgan fingerprint density at radius 2 is 2.11 bits per heavy atom. The molecule has 0 atom stereocenters. The van der Waals surface area contributed by atoms with E-state index in [-0.39, 0.29) is 5.56 Å². The van der Waals surface area contributed by atoms with Crippen molar-refractivity contribution < 1.29 is 0 Å². The molecule has 7 heteroatoms. The number of nitrogens with one attached hydrogen (secondary N) is 1. The molecule has 19 heavy (non-hydrogen) atoms. The molecule has 2 aromatic heterocycles. The number of fused-ring (bicyclic) bond motifs is 1. The molecular formula is C12H10BrN5O. The number of hydrogen-bond acceptors (Lipinski definition) is 4. The van der Waals surface area contributed by atoms with Crippen molar-refractivity contribution in [2.75, 3.05) is 5.73 Å². The maximum atomic E-state index is 11.8. The monoisotopic (exact) mass is 319 g/mol. The van der Waals surface area contributed by atoms with Gasteiger partial charge in [0.1, 0.15) is 0 Å². The van der Waals surface area contributed by atoms with Gasteiger partial charge < -0.3 is 5.73 Å². The lowest BCUT2D eigenvalue weighted by Crippen LogP contribution is -2.14. The highest BCUT2D eigenvalue weighted by molar-refractivity contribution is 9.10. The lowest BCUT2D eigenvalue weighted by molar-refractivity contribution is 0.892. The van der Waals surface area contributed by atoms with Crippen LogP contribution < -0.4 is 11.3 Å². The van der Waals surface area contributed by atoms with Crippen LogP contribution in [0.5, 0.6) is 0 Å². The van der Waals surface area contributed by atoms with Crippen LogP contribution in [0.25, 0.3) is 17.2 Å². The zero-order chi connectivity index (χ0) is 13.6. The van der Waals surface area contributed by atoms with E-state index in [0.717, 1.165) is 10.0 Å². The van der Waals surface area contributed by atoms with Crippen molar-refractivity contribution in [1.82, 2.24) is 19.6 Å². The van der Waals surface area contributed by atoms with Gasteiger partial charge in [0.2, 0.25) is 0 Å². The van der Waals surface area contributed by atoms with E-state index < -0.39 is 0 Å². The second-order valence-corrected chi connectivity index (χ2v) is 5.09. The van der Waals surface area contributed by atoms with Crippen molar-refractivity contribution in [2.45, 2.75) is 6.92 Å². The quantitative estimate of drug-likeness (QED) is 0.668. The average molecular weight is 320 g/mol. The summed E-state index contributed by atoms with van der Waals surface area (Å²) in [4.78, 5) is 20.3. The minimum Gasteiger partial charge on any atom is -0.398 e. The summed E-state index contributed by atoms with van der Waals surface area (Å²) >= 11 is 3.35. The Morgan fingerprint density at radius 3 is 2.84 bits per heavy atom. The Labute approximate surface area is 116 Å². The number of nitrogen functional groups attached to an aromatic ring is 1. The third kappa shape index (κ3) is 2.01. The fraction of sp³-hybridized carbons (Fsp3) is 0.0833. The van der Waals surface area contributed by atoms with Crippen LogP contribution in [0.3, 0.4) is 0 Å². The summed E-state index contributed by atoms with van der Waals surface area (Å²) in [6.07, 6.45) is 0. The van der Waals surface area contributed by atoms with E-state index in [9.17, 15) is 4.79 Å². The van der Waals surface area contributed by atoms with Gasteiger partial charge in [0.05, 0.1) is 0 Å². The third-order valence-electron chi connectivity index (χ3n) is 2.73. The summed E-state index contributed by atoms with van der Waals surface area (Å²) in [7, 11) is 0. The number of halogens is 1. The van der Waals surface area contributed by atoms with Crippen LogP contribution >= 0.6 is 15.9 Å². The van der Waals surface area contributed by atoms with Crippen LogP contribution in [-0.2, 0) is 0 Å². The van der Waals surface area contributed by atoms with Crippen molar-refractivity contribution in [1.29, 1.82) is 0 Å². The molecule has 3 rings (SSSR count). The molecule has 0 aliphatic heterocycles. The maximum Gasteiger partial charge on any atom is 0.274 e. The Morgan fingerprint density at radius 1 is 1.32 bits per heavy atom. The summed E-state index contributed by atoms with van der Waals surface area (Å²) in [6.45, 7) is 1.75. The molecule has 0 amide bonds. The van der Waals surface area contributed by atoms with Gasteiger partial charge in [0.15, 0.2) is 5.82 Å². The average Bonchev–Trinajstić information content (AvgIpc) is 2.72. The predicted octanol–water partition coefficient (Wildman–Crippen LogP) is 1.74. The number of nitrogens with zero attached hydrogens (tertiary/aromatic N) is 3. The Kier molecular flexibility index (Phi) is 2.63. The first kappa shape index (κ1) is 11.9. The summed E-state index contributed by atoms with van der Waals surface area (Å²) in [5.74, 6) is 0.850. The Hall–Kier alpha value is -2.15. The number of aromatic amines is 1. The molecule has 0 bridgehead atoms. The molecule has 2 heterocycles. The predicted molar refractivity (Wildman–Crippen MR) is 75.9 cm³/mol. The van der Waals surface area contributed by atoms with Gasteiger partial charge >= 0.3 is 0 Å². The first-order valence-electron chi connectivity index (χ1n) is 5.56. The summed E-state index contributed by atoms with van der Waals surface area (Å²) in [5.41, 5.74) is 7.67. The van der Waals surface area contributed by atoms with Crippen LogP contribution in [0.4, 0.5) is 5.69 Å². The molecule has 1 aromatic carbocycles. The normalized spacial score (nSPS) is 11.1. The van der Waals surface area contributed by atoms with E-state index in [4.69, 9.17) is 5.73 Å². The molecule has 0 spiro atoms. The Balaban J connectivity index is 2.26. The Bertz CT molecular complexity index is 836. The molecule has 6 nitrogen and oxygen atoms in total. The lowest BCUT2D eigenvalue weighted by atomic mass is 10.2. The smallest absolute Gasteiger partial charge is 0.274 e. The molecule has 0 saturated carbocycles. The largest absolute Gasteiger partial charge is 0.398 e. The minimum absolute atomic E-state index is 0.197. The van der Waals surface area contributed by atoms with Gasteiger partial charge in [-0.05, 0) is 25.1 Å². The van der Waals surface area contributed by atoms with E-state index >= 15 is 0 Å². The standard InChI is InChI=1S/C12H10BrN5O/c1-6-4-10(19)18-12(15-6)16-11(17-18)8-3-2-7(13)5-9(8)14/h2-5H,14H2,1H3,(H,15,16,17). The first-order valence-corrected chi connectivity index (χ1v) is 6.36. The zero-order valence-electron chi connectivity index (χ0n) is 10.0. The molecule has 3 aromatic rings. The maximum absolute atomic E-state index is 11.8. The van der Waals surface area contributed by atoms with Crippen LogP contribution in [0, 0.1) is 6.92 Å². The topological polar surface area (TPSA) is 89.1 Å². The number of aromatic nitrogens is 4. The summed E-state index contributed by atoms with van der Waals surface area (Å²) < 4.78 is 2.18. The zero-order valence-corrected chi connectivity index (χ0v) is 11.6. The van der Waals surface area contributed by atoms with Gasteiger partial charge in [-0.3, -0.25) is 9.89 Å². The van der Waals surface area contributed by atoms with E-state index in [0.29, 0.717) is 23.0 Å². The van der Waals surface area contributed by atoms with Crippen LogP contribution in [0.2, 0.25) is 0 Å². The van der Waals surface area contributed by atoms with Crippen molar-refractivity contribution in [2.24, 2.45) is 0 Å². The molecule has 3 N–H and O–H groups in total. The number of aryl methyl sites for hydroxylation is 1. The molecular weight excluding hydrogens is 310 g/mol. The number of benzene rings is 1. The third-order valence-corrected chi connectivity index (χ3v) is 3.22. The number of rotatable bonds is 1. The summed E-state index contributed by atoms with van der Waals surface area (Å²) in [5, 5.41) is 2.90. The van der Waals surface area contributed by atoms with Gasteiger partial charge in [-0.1, -0.05) is 15.9 Å². The van der Waals surface area contributed by atoms with Crippen LogP contribution in [-0.4, -0.2) is 19.6 Å². The molecule has 0 radical (unpaired) electrons. The van der Waals surface area contributed by atoms with E-state index in [1.807, 2.05) is 12.1 Å². The minimum atomic E-state index is -0.197. The molecule has 0 fully saturated rings. The van der Waals surface area contributed by atoms with Crippen molar-refractivity contribution in [3.05, 3.63) is 44.8 Å². The molecule has 0 saturated heterocycles. The van der Waals surface area contributed by atoms with Gasteiger partial charge in [-0.25, -0.2) is 4.98 Å². The molecule has 0 aliphatic rings. The highest BCUT2D eigenvalue weighted by Crippen LogP contribution is 2.26. The van der Waals surface area contributed by atoms with E-state index in [1.54, 1.807) is 13.0 Å². The van der Waals surface area contributed by atoms with Crippen molar-refractivity contribution >= 4 is 27.4 Å². The van der Waals surface area contributed by atoms with E-state index in [2.05, 4.69) is 31.0 Å². The highest BCUT2D eigenvalue weighted by Gasteiger charge is 2.10. The van der Waals surface area contributed by atoms with Crippen LogP contribution in [0.1, 0.15) is 5.69 Å². The highest BCUT2D eigenvalue weighted by atomic mass is 79.9. The number of hydrogen-bond donors (Lipinski definition) is 2. The van der Waals surface area contributed by atoms with Crippen LogP contribution in [0.15, 0.2) is 33.5 Å². The number of H-pyrrole nitrogens is 1. The van der Waals surface area contributed by atoms with Gasteiger partial charge in [0.25, 0.3) is 11.3 Å². The lowest BCUT2D eigenvalue weighted by Gasteiger charge is -2.01. The van der Waals surface area contributed by atoms with Crippen molar-refractivity contribution in [3.63, 3.8) is 0 Å². The molecule has 96 valence electrons. The number of anilines is 1. The van der Waals surface area contributed by atoms with E-state index in [1.165, 1.54) is 10.6 Å². The summed E-state index contributed by atoms with van der Waals surface area (Å²) in [6, 6.07) is 6.92. The van der Waals surface area contributed by atoms with Gasteiger partial charge in [-0.2, -0.15) is 9.50 Å². The fourth-order valence-corrected chi connectivity index (χ4v) is 2.24. The fourth-order valence-electron chi connectivity index (χ4n) is 1.86.